The van der Waals surface area contributed by atoms with Gasteiger partial charge in [0, 0.05) is 39.0 Å². The molecule has 0 radical (unpaired) electrons. The summed E-state index contributed by atoms with van der Waals surface area (Å²) in [6.45, 7) is 3.69. The quantitative estimate of drug-likeness (QED) is 0.254. The van der Waals surface area contributed by atoms with Crippen LogP contribution in [0.5, 0.6) is 0 Å². The predicted molar refractivity (Wildman–Crippen MR) is 128 cm³/mol. The molecule has 32 heavy (non-hydrogen) atoms. The number of nitrogens with zero attached hydrogens (tertiary/aromatic N) is 1. The van der Waals surface area contributed by atoms with E-state index in [1.165, 1.54) is 36.0 Å². The number of aryl methyl sites for hydroxylation is 1. The van der Waals surface area contributed by atoms with Gasteiger partial charge in [-0.25, -0.2) is 0 Å². The number of thioether (sulfide) groups is 1. The van der Waals surface area contributed by atoms with Gasteiger partial charge in [-0.1, -0.05) is 23.7 Å². The molecular weight excluding hydrogens is 450 g/mol. The van der Waals surface area contributed by atoms with E-state index in [-0.39, 0.29) is 22.4 Å². The first-order valence-corrected chi connectivity index (χ1v) is 10.9. The van der Waals surface area contributed by atoms with Crippen molar-refractivity contribution in [3.63, 3.8) is 0 Å². The lowest BCUT2D eigenvalue weighted by atomic mass is 10.2. The fraction of sp³-hybridized carbons (Fsp3) is 0.130. The number of halogens is 1. The van der Waals surface area contributed by atoms with E-state index < -0.39 is 10.8 Å². The van der Waals surface area contributed by atoms with Gasteiger partial charge in [-0.2, -0.15) is 0 Å². The number of nitrogens with one attached hydrogen (secondary N) is 2. The highest BCUT2D eigenvalue weighted by molar-refractivity contribution is 8.00. The summed E-state index contributed by atoms with van der Waals surface area (Å²) in [5, 5.41) is 16.7. The van der Waals surface area contributed by atoms with E-state index in [1.807, 2.05) is 13.0 Å². The lowest BCUT2D eigenvalue weighted by Crippen LogP contribution is -2.22. The fourth-order valence-electron chi connectivity index (χ4n) is 2.75. The number of nitro benzene ring substituents is 1. The third-order valence-corrected chi connectivity index (χ3v) is 6.07. The Hall–Kier alpha value is -3.36. The fourth-order valence-corrected chi connectivity index (χ4v) is 3.80. The average molecular weight is 470 g/mol. The Labute approximate surface area is 194 Å². The number of hydrogen-bond acceptors (Lipinski definition) is 5. The molecule has 7 nitrogen and oxygen atoms in total. The molecule has 3 aromatic rings. The molecule has 9 heteroatoms. The topological polar surface area (TPSA) is 101 Å². The molecule has 0 aliphatic heterocycles. The van der Waals surface area contributed by atoms with Crippen LogP contribution in [0.1, 0.15) is 22.8 Å². The first-order valence-electron chi connectivity index (χ1n) is 9.62. The molecule has 2 N–H and O–H groups in total. The lowest BCUT2D eigenvalue weighted by Gasteiger charge is -2.13. The molecule has 0 aliphatic carbocycles. The number of rotatable bonds is 7. The van der Waals surface area contributed by atoms with Crippen LogP contribution in [-0.2, 0) is 4.79 Å². The molecule has 0 aliphatic rings. The highest BCUT2D eigenvalue weighted by Crippen LogP contribution is 2.27. The van der Waals surface area contributed by atoms with Crippen LogP contribution >= 0.6 is 23.4 Å². The summed E-state index contributed by atoms with van der Waals surface area (Å²) in [6.07, 6.45) is 0. The van der Waals surface area contributed by atoms with E-state index in [0.717, 1.165) is 10.5 Å². The summed E-state index contributed by atoms with van der Waals surface area (Å²) >= 11 is 7.48. The zero-order valence-corrected chi connectivity index (χ0v) is 18.9. The molecule has 0 aromatic heterocycles. The normalized spacial score (nSPS) is 11.5. The molecule has 1 atom stereocenters. The molecule has 1 unspecified atom stereocenters. The highest BCUT2D eigenvalue weighted by Gasteiger charge is 2.16. The molecular formula is C23H20ClN3O4S. The summed E-state index contributed by atoms with van der Waals surface area (Å²) in [4.78, 5) is 36.0. The first-order chi connectivity index (χ1) is 15.2. The Morgan fingerprint density at radius 3 is 2.34 bits per heavy atom. The molecule has 2 amide bonds. The lowest BCUT2D eigenvalue weighted by molar-refractivity contribution is -0.384. The zero-order valence-electron chi connectivity index (χ0n) is 17.3. The predicted octanol–water partition coefficient (Wildman–Crippen LogP) is 5.93. The van der Waals surface area contributed by atoms with Crippen molar-refractivity contribution in [2.45, 2.75) is 24.0 Å². The largest absolute Gasteiger partial charge is 0.325 e. The first kappa shape index (κ1) is 23.3. The summed E-state index contributed by atoms with van der Waals surface area (Å²) in [5.41, 5.74) is 2.16. The number of non-ortho nitro benzene ring substituents is 1. The van der Waals surface area contributed by atoms with Crippen LogP contribution < -0.4 is 10.6 Å². The van der Waals surface area contributed by atoms with Gasteiger partial charge in [0.1, 0.15) is 0 Å². The van der Waals surface area contributed by atoms with Crippen LogP contribution in [0.2, 0.25) is 5.02 Å². The van der Waals surface area contributed by atoms with Gasteiger partial charge < -0.3 is 10.6 Å². The van der Waals surface area contributed by atoms with E-state index in [1.54, 1.807) is 43.3 Å². The summed E-state index contributed by atoms with van der Waals surface area (Å²) in [6, 6.07) is 17.9. The molecule has 0 bridgehead atoms. The molecule has 0 spiro atoms. The van der Waals surface area contributed by atoms with Crippen molar-refractivity contribution in [3.8, 4) is 0 Å². The van der Waals surface area contributed by atoms with Crippen molar-refractivity contribution in [1.82, 2.24) is 0 Å². The van der Waals surface area contributed by atoms with Gasteiger partial charge in [-0.05, 0) is 61.9 Å². The highest BCUT2D eigenvalue weighted by atomic mass is 35.5. The van der Waals surface area contributed by atoms with Gasteiger partial charge >= 0.3 is 0 Å². The minimum atomic E-state index is -0.548. The van der Waals surface area contributed by atoms with Crippen LogP contribution in [0.25, 0.3) is 0 Å². The number of amides is 2. The Kier molecular flexibility index (Phi) is 7.50. The van der Waals surface area contributed by atoms with E-state index in [4.69, 9.17) is 11.6 Å². The second-order valence-corrected chi connectivity index (χ2v) is 8.82. The van der Waals surface area contributed by atoms with E-state index >= 15 is 0 Å². The van der Waals surface area contributed by atoms with Gasteiger partial charge in [0.15, 0.2) is 0 Å². The zero-order chi connectivity index (χ0) is 23.3. The van der Waals surface area contributed by atoms with Crippen molar-refractivity contribution in [3.05, 3.63) is 93.0 Å². The maximum atomic E-state index is 12.5. The van der Waals surface area contributed by atoms with Crippen molar-refractivity contribution < 1.29 is 14.5 Å². The molecule has 0 fully saturated rings. The minimum absolute atomic E-state index is 0.149. The second-order valence-electron chi connectivity index (χ2n) is 7.00. The van der Waals surface area contributed by atoms with Crippen LogP contribution in [-0.4, -0.2) is 22.0 Å². The van der Waals surface area contributed by atoms with Crippen LogP contribution in [0.4, 0.5) is 17.1 Å². The number of hydrogen-bond donors (Lipinski definition) is 2. The monoisotopic (exact) mass is 469 g/mol. The SMILES string of the molecule is Cc1ccc(NC(=O)C(C)Sc2ccc(NC(=O)c3cccc([N+](=O)[O-])c3)cc2)cc1Cl. The van der Waals surface area contributed by atoms with Crippen LogP contribution in [0, 0.1) is 17.0 Å². The van der Waals surface area contributed by atoms with E-state index in [0.29, 0.717) is 16.4 Å². The molecule has 164 valence electrons. The Balaban J connectivity index is 1.58. The van der Waals surface area contributed by atoms with Crippen molar-refractivity contribution in [2.75, 3.05) is 10.6 Å². The Bertz CT molecular complexity index is 1170. The van der Waals surface area contributed by atoms with Gasteiger partial charge in [-0.3, -0.25) is 19.7 Å². The van der Waals surface area contributed by atoms with Gasteiger partial charge in [-0.15, -0.1) is 11.8 Å². The van der Waals surface area contributed by atoms with Gasteiger partial charge in [0.25, 0.3) is 11.6 Å². The third-order valence-electron chi connectivity index (χ3n) is 4.55. The average Bonchev–Trinajstić information content (AvgIpc) is 2.77. The van der Waals surface area contributed by atoms with Crippen molar-refractivity contribution >= 4 is 52.2 Å². The van der Waals surface area contributed by atoms with Crippen LogP contribution in [0.3, 0.4) is 0 Å². The maximum absolute atomic E-state index is 12.5. The van der Waals surface area contributed by atoms with Gasteiger partial charge in [0.2, 0.25) is 5.91 Å². The second kappa shape index (κ2) is 10.3. The summed E-state index contributed by atoms with van der Waals surface area (Å²) in [7, 11) is 0. The number of anilines is 2. The van der Waals surface area contributed by atoms with Crippen LogP contribution in [0.15, 0.2) is 71.6 Å². The number of nitro groups is 1. The number of carbonyl (C=O) groups excluding carboxylic acids is 2. The number of benzene rings is 3. The smallest absolute Gasteiger partial charge is 0.270 e. The Morgan fingerprint density at radius 1 is 1.00 bits per heavy atom. The van der Waals surface area contributed by atoms with E-state index in [9.17, 15) is 19.7 Å². The molecule has 3 aromatic carbocycles. The molecule has 3 rings (SSSR count). The maximum Gasteiger partial charge on any atom is 0.270 e. The molecule has 0 saturated carbocycles. The van der Waals surface area contributed by atoms with Crippen molar-refractivity contribution in [1.29, 1.82) is 0 Å². The standard InChI is InChI=1S/C23H20ClN3O4S/c1-14-6-7-18(13-21(14)24)26-22(28)15(2)32-20-10-8-17(9-11-20)25-23(29)16-4-3-5-19(12-16)27(30)31/h3-13,15H,1-2H3,(H,25,29)(H,26,28). The molecule has 0 saturated heterocycles. The summed E-state index contributed by atoms with van der Waals surface area (Å²) < 4.78 is 0. The third kappa shape index (κ3) is 6.09. The van der Waals surface area contributed by atoms with Crippen molar-refractivity contribution in [2.24, 2.45) is 0 Å². The molecule has 0 heterocycles. The Morgan fingerprint density at radius 2 is 1.69 bits per heavy atom. The number of carbonyl (C=O) groups is 2. The van der Waals surface area contributed by atoms with E-state index in [2.05, 4.69) is 10.6 Å². The minimum Gasteiger partial charge on any atom is -0.325 e. The van der Waals surface area contributed by atoms with Gasteiger partial charge in [0.05, 0.1) is 10.2 Å². The summed E-state index contributed by atoms with van der Waals surface area (Å²) in [5.74, 6) is -0.600.